The molecule has 0 spiro atoms. The Morgan fingerprint density at radius 3 is 2.50 bits per heavy atom. The van der Waals surface area contributed by atoms with Crippen LogP contribution in [0.4, 0.5) is 13.2 Å². The van der Waals surface area contributed by atoms with E-state index >= 15 is 0 Å². The van der Waals surface area contributed by atoms with Gasteiger partial charge in [-0.05, 0) is 0 Å². The molecular formula is C6H3ClF3NO. The summed E-state index contributed by atoms with van der Waals surface area (Å²) in [5.41, 5.74) is -2.40. The third-order valence-corrected chi connectivity index (χ3v) is 1.52. The van der Waals surface area contributed by atoms with E-state index in [-0.39, 0.29) is 0 Å². The van der Waals surface area contributed by atoms with Crippen LogP contribution in [0.2, 0.25) is 5.02 Å². The van der Waals surface area contributed by atoms with Gasteiger partial charge in [-0.15, -0.1) is 0 Å². The first kappa shape index (κ1) is 9.12. The zero-order valence-corrected chi connectivity index (χ0v) is 6.33. The lowest BCUT2D eigenvalue weighted by atomic mass is 10.3. The number of rotatable bonds is 1. The lowest BCUT2D eigenvalue weighted by Gasteiger charge is -1.99. The number of pyridine rings is 1. The minimum atomic E-state index is -3.16. The van der Waals surface area contributed by atoms with Crippen LogP contribution in [0.25, 0.3) is 0 Å². The van der Waals surface area contributed by atoms with Gasteiger partial charge in [-0.2, -0.15) is 4.39 Å². The van der Waals surface area contributed by atoms with Crippen molar-refractivity contribution in [2.24, 2.45) is 0 Å². The summed E-state index contributed by atoms with van der Waals surface area (Å²) in [6.07, 6.45) is -2.34. The zero-order valence-electron chi connectivity index (χ0n) is 5.57. The van der Waals surface area contributed by atoms with Crippen molar-refractivity contribution in [2.75, 3.05) is 0 Å². The van der Waals surface area contributed by atoms with Gasteiger partial charge in [0.2, 0.25) is 11.4 Å². The van der Waals surface area contributed by atoms with Crippen LogP contribution < -0.4 is 5.43 Å². The molecule has 0 aliphatic heterocycles. The van der Waals surface area contributed by atoms with E-state index in [2.05, 4.69) is 0 Å². The molecule has 0 bridgehead atoms. The van der Waals surface area contributed by atoms with E-state index in [1.165, 1.54) is 0 Å². The van der Waals surface area contributed by atoms with Gasteiger partial charge in [-0.3, -0.25) is 4.79 Å². The van der Waals surface area contributed by atoms with E-state index < -0.39 is 28.4 Å². The minimum Gasteiger partial charge on any atom is -0.336 e. The van der Waals surface area contributed by atoms with Crippen LogP contribution in [-0.2, 0) is 0 Å². The van der Waals surface area contributed by atoms with Crippen molar-refractivity contribution < 1.29 is 13.2 Å². The molecule has 0 aliphatic rings. The maximum atomic E-state index is 12.5. The highest BCUT2D eigenvalue weighted by atomic mass is 35.5. The third kappa shape index (κ3) is 1.45. The Balaban J connectivity index is 3.44. The van der Waals surface area contributed by atoms with Crippen molar-refractivity contribution in [3.8, 4) is 0 Å². The molecule has 0 radical (unpaired) electrons. The van der Waals surface area contributed by atoms with Gasteiger partial charge in [0.15, 0.2) is 0 Å². The number of nitrogens with one attached hydrogen (secondary N) is 1. The van der Waals surface area contributed by atoms with Gasteiger partial charge in [0.25, 0.3) is 6.43 Å². The van der Waals surface area contributed by atoms with Gasteiger partial charge in [0.1, 0.15) is 10.6 Å². The van der Waals surface area contributed by atoms with Gasteiger partial charge in [-0.25, -0.2) is 8.78 Å². The molecule has 66 valence electrons. The Morgan fingerprint density at radius 1 is 1.50 bits per heavy atom. The SMILES string of the molecule is O=c1c(Cl)c[nH]c(F)c1C(F)F. The number of halogens is 4. The third-order valence-electron chi connectivity index (χ3n) is 1.24. The highest BCUT2D eigenvalue weighted by molar-refractivity contribution is 6.30. The van der Waals surface area contributed by atoms with Crippen molar-refractivity contribution in [3.05, 3.63) is 33.0 Å². The second-order valence-electron chi connectivity index (χ2n) is 1.99. The van der Waals surface area contributed by atoms with E-state index in [0.717, 1.165) is 6.20 Å². The van der Waals surface area contributed by atoms with E-state index in [0.29, 0.717) is 0 Å². The van der Waals surface area contributed by atoms with Crippen molar-refractivity contribution in [2.45, 2.75) is 6.43 Å². The molecule has 0 unspecified atom stereocenters. The summed E-state index contributed by atoms with van der Waals surface area (Å²) < 4.78 is 36.4. The Kier molecular flexibility index (Phi) is 2.42. The number of H-pyrrole nitrogens is 1. The van der Waals surface area contributed by atoms with Gasteiger partial charge in [0, 0.05) is 6.20 Å². The predicted molar refractivity (Wildman–Crippen MR) is 37.0 cm³/mol. The molecule has 0 aliphatic carbocycles. The van der Waals surface area contributed by atoms with Gasteiger partial charge in [-0.1, -0.05) is 11.6 Å². The average molecular weight is 198 g/mol. The van der Waals surface area contributed by atoms with Crippen molar-refractivity contribution in [3.63, 3.8) is 0 Å². The van der Waals surface area contributed by atoms with Crippen molar-refractivity contribution >= 4 is 11.6 Å². The first-order valence-corrected chi connectivity index (χ1v) is 3.26. The Labute approximate surface area is 70.0 Å². The number of hydrogen-bond donors (Lipinski definition) is 1. The molecule has 0 saturated heterocycles. The first-order chi connectivity index (χ1) is 5.54. The van der Waals surface area contributed by atoms with Crippen LogP contribution in [0.3, 0.4) is 0 Å². The second-order valence-corrected chi connectivity index (χ2v) is 2.40. The van der Waals surface area contributed by atoms with Crippen molar-refractivity contribution in [1.29, 1.82) is 0 Å². The fourth-order valence-electron chi connectivity index (χ4n) is 0.693. The predicted octanol–water partition coefficient (Wildman–Crippen LogP) is 2.10. The average Bonchev–Trinajstić information content (AvgIpc) is 1.97. The number of aromatic amines is 1. The van der Waals surface area contributed by atoms with E-state index in [4.69, 9.17) is 11.6 Å². The van der Waals surface area contributed by atoms with Crippen LogP contribution in [0, 0.1) is 5.95 Å². The second kappa shape index (κ2) is 3.18. The summed E-state index contributed by atoms with van der Waals surface area (Å²) in [5, 5.41) is -0.452. The fourth-order valence-corrected chi connectivity index (χ4v) is 0.850. The van der Waals surface area contributed by atoms with E-state index in [1.54, 1.807) is 0 Å². The molecule has 0 fully saturated rings. The summed E-state index contributed by atoms with van der Waals surface area (Å²) in [6.45, 7) is 0. The van der Waals surface area contributed by atoms with Crippen LogP contribution >= 0.6 is 11.6 Å². The topological polar surface area (TPSA) is 32.9 Å². The number of aromatic nitrogens is 1. The lowest BCUT2D eigenvalue weighted by molar-refractivity contribution is 0.144. The lowest BCUT2D eigenvalue weighted by Crippen LogP contribution is -2.13. The summed E-state index contributed by atoms with van der Waals surface area (Å²) in [5.74, 6) is -1.35. The maximum absolute atomic E-state index is 12.5. The summed E-state index contributed by atoms with van der Waals surface area (Å²) in [6, 6.07) is 0. The Morgan fingerprint density at radius 2 is 2.08 bits per heavy atom. The quantitative estimate of drug-likeness (QED) is 0.687. The van der Waals surface area contributed by atoms with Crippen LogP contribution in [0.5, 0.6) is 0 Å². The number of hydrogen-bond acceptors (Lipinski definition) is 1. The van der Waals surface area contributed by atoms with E-state index in [1.807, 2.05) is 4.98 Å². The summed E-state index contributed by atoms with van der Waals surface area (Å²) in [4.78, 5) is 12.6. The molecule has 1 aromatic heterocycles. The van der Waals surface area contributed by atoms with E-state index in [9.17, 15) is 18.0 Å². The monoisotopic (exact) mass is 197 g/mol. The maximum Gasteiger partial charge on any atom is 0.272 e. The summed E-state index contributed by atoms with van der Waals surface area (Å²) >= 11 is 5.19. The molecule has 0 amide bonds. The van der Waals surface area contributed by atoms with Crippen LogP contribution in [-0.4, -0.2) is 4.98 Å². The molecular weight excluding hydrogens is 195 g/mol. The minimum absolute atomic E-state index is 0.452. The molecule has 1 heterocycles. The zero-order chi connectivity index (χ0) is 9.30. The highest BCUT2D eigenvalue weighted by Gasteiger charge is 2.19. The summed E-state index contributed by atoms with van der Waals surface area (Å²) in [7, 11) is 0. The molecule has 1 N–H and O–H groups in total. The largest absolute Gasteiger partial charge is 0.336 e. The molecule has 12 heavy (non-hydrogen) atoms. The molecule has 1 rings (SSSR count). The first-order valence-electron chi connectivity index (χ1n) is 2.88. The van der Waals surface area contributed by atoms with Gasteiger partial charge >= 0.3 is 0 Å². The Bertz CT molecular complexity index is 349. The van der Waals surface area contributed by atoms with Gasteiger partial charge in [0.05, 0.1) is 0 Å². The highest BCUT2D eigenvalue weighted by Crippen LogP contribution is 2.18. The van der Waals surface area contributed by atoms with Crippen LogP contribution in [0.1, 0.15) is 12.0 Å². The molecule has 1 aromatic rings. The molecule has 0 saturated carbocycles. The molecule has 6 heteroatoms. The number of alkyl halides is 2. The molecule has 2 nitrogen and oxygen atoms in total. The molecule has 0 atom stereocenters. The smallest absolute Gasteiger partial charge is 0.272 e. The van der Waals surface area contributed by atoms with Gasteiger partial charge < -0.3 is 4.98 Å². The van der Waals surface area contributed by atoms with Crippen LogP contribution in [0.15, 0.2) is 11.0 Å². The normalized spacial score (nSPS) is 10.8. The molecule has 0 aromatic carbocycles. The van der Waals surface area contributed by atoms with Crippen molar-refractivity contribution in [1.82, 2.24) is 4.98 Å². The standard InChI is InChI=1S/C6H3ClF3NO/c7-2-1-11-6(10)3(4(2)12)5(8)9/h1,5H,(H,11,12). The Hall–Kier alpha value is -0.970. The fraction of sp³-hybridized carbons (Fsp3) is 0.167.